The van der Waals surface area contributed by atoms with Gasteiger partial charge in [-0.05, 0) is 12.0 Å². The average Bonchev–Trinajstić information content (AvgIpc) is 2.78. The molecule has 0 saturated carbocycles. The summed E-state index contributed by atoms with van der Waals surface area (Å²) in [7, 11) is 0. The lowest BCUT2D eigenvalue weighted by atomic mass is 10.1. The molecule has 4 heteroatoms. The second kappa shape index (κ2) is 6.89. The summed E-state index contributed by atoms with van der Waals surface area (Å²) in [5.41, 5.74) is 1.22. The first-order valence-electron chi connectivity index (χ1n) is 6.91. The number of hydrogen-bond donors (Lipinski definition) is 1. The Hall–Kier alpha value is -2.10. The van der Waals surface area contributed by atoms with Gasteiger partial charge in [-0.15, -0.1) is 6.58 Å². The van der Waals surface area contributed by atoms with Crippen LogP contribution in [0.3, 0.4) is 0 Å². The van der Waals surface area contributed by atoms with Crippen LogP contribution in [0.15, 0.2) is 43.0 Å². The normalized spacial score (nSPS) is 18.1. The SMILES string of the molecule is C=CCC(=O)NC1CC(=O)N(CCc2ccccc2)C1. The second-order valence-corrected chi connectivity index (χ2v) is 5.04. The zero-order valence-corrected chi connectivity index (χ0v) is 11.5. The summed E-state index contributed by atoms with van der Waals surface area (Å²) >= 11 is 0. The third kappa shape index (κ3) is 3.95. The van der Waals surface area contributed by atoms with Crippen LogP contribution in [0.2, 0.25) is 0 Å². The van der Waals surface area contributed by atoms with E-state index in [0.29, 0.717) is 25.9 Å². The van der Waals surface area contributed by atoms with Gasteiger partial charge in [0.1, 0.15) is 0 Å². The summed E-state index contributed by atoms with van der Waals surface area (Å²) < 4.78 is 0. The molecule has 1 unspecified atom stereocenters. The van der Waals surface area contributed by atoms with Crippen molar-refractivity contribution in [1.29, 1.82) is 0 Å². The predicted molar refractivity (Wildman–Crippen MR) is 78.1 cm³/mol. The van der Waals surface area contributed by atoms with Crippen molar-refractivity contribution in [1.82, 2.24) is 10.2 Å². The highest BCUT2D eigenvalue weighted by molar-refractivity contribution is 5.82. The topological polar surface area (TPSA) is 49.4 Å². The van der Waals surface area contributed by atoms with Gasteiger partial charge >= 0.3 is 0 Å². The quantitative estimate of drug-likeness (QED) is 0.798. The van der Waals surface area contributed by atoms with E-state index in [1.807, 2.05) is 23.1 Å². The highest BCUT2D eigenvalue weighted by Crippen LogP contribution is 2.12. The molecule has 1 saturated heterocycles. The summed E-state index contributed by atoms with van der Waals surface area (Å²) in [4.78, 5) is 25.2. The minimum Gasteiger partial charge on any atom is -0.351 e. The van der Waals surface area contributed by atoms with Crippen LogP contribution < -0.4 is 5.32 Å². The van der Waals surface area contributed by atoms with Crippen molar-refractivity contribution in [3.8, 4) is 0 Å². The van der Waals surface area contributed by atoms with Gasteiger partial charge in [-0.3, -0.25) is 9.59 Å². The molecule has 2 rings (SSSR count). The Bertz CT molecular complexity index is 485. The Morgan fingerprint density at radius 2 is 2.15 bits per heavy atom. The van der Waals surface area contributed by atoms with Crippen molar-refractivity contribution in [2.75, 3.05) is 13.1 Å². The fraction of sp³-hybridized carbons (Fsp3) is 0.375. The molecule has 0 radical (unpaired) electrons. The number of rotatable bonds is 6. The number of nitrogens with zero attached hydrogens (tertiary/aromatic N) is 1. The molecule has 106 valence electrons. The number of hydrogen-bond acceptors (Lipinski definition) is 2. The van der Waals surface area contributed by atoms with Crippen LogP contribution in [0.25, 0.3) is 0 Å². The van der Waals surface area contributed by atoms with Crippen molar-refractivity contribution in [2.24, 2.45) is 0 Å². The summed E-state index contributed by atoms with van der Waals surface area (Å²) in [6.07, 6.45) is 3.12. The van der Waals surface area contributed by atoms with E-state index in [-0.39, 0.29) is 17.9 Å². The van der Waals surface area contributed by atoms with Crippen molar-refractivity contribution in [3.63, 3.8) is 0 Å². The van der Waals surface area contributed by atoms with Crippen molar-refractivity contribution in [3.05, 3.63) is 48.6 Å². The number of nitrogens with one attached hydrogen (secondary N) is 1. The molecule has 1 atom stereocenters. The van der Waals surface area contributed by atoms with Gasteiger partial charge in [0, 0.05) is 25.9 Å². The molecule has 1 aromatic rings. The van der Waals surface area contributed by atoms with E-state index in [9.17, 15) is 9.59 Å². The van der Waals surface area contributed by atoms with Crippen molar-refractivity contribution >= 4 is 11.8 Å². The lowest BCUT2D eigenvalue weighted by Gasteiger charge is -2.17. The van der Waals surface area contributed by atoms with E-state index in [0.717, 1.165) is 6.42 Å². The largest absolute Gasteiger partial charge is 0.351 e. The zero-order valence-electron chi connectivity index (χ0n) is 11.5. The minimum atomic E-state index is -0.0669. The van der Waals surface area contributed by atoms with Crippen LogP contribution in [0.1, 0.15) is 18.4 Å². The van der Waals surface area contributed by atoms with Gasteiger partial charge in [-0.25, -0.2) is 0 Å². The van der Waals surface area contributed by atoms with Crippen molar-refractivity contribution < 1.29 is 9.59 Å². The third-order valence-electron chi connectivity index (χ3n) is 3.42. The Labute approximate surface area is 119 Å². The Balaban J connectivity index is 1.80. The van der Waals surface area contributed by atoms with Crippen LogP contribution in [0.4, 0.5) is 0 Å². The first kappa shape index (κ1) is 14.3. The smallest absolute Gasteiger partial charge is 0.224 e. The van der Waals surface area contributed by atoms with E-state index in [1.54, 1.807) is 6.08 Å². The van der Waals surface area contributed by atoms with E-state index >= 15 is 0 Å². The van der Waals surface area contributed by atoms with Crippen LogP contribution in [-0.4, -0.2) is 35.8 Å². The fourth-order valence-electron chi connectivity index (χ4n) is 2.41. The molecule has 1 N–H and O–H groups in total. The van der Waals surface area contributed by atoms with Gasteiger partial charge in [-0.1, -0.05) is 36.4 Å². The van der Waals surface area contributed by atoms with Gasteiger partial charge in [0.15, 0.2) is 0 Å². The summed E-state index contributed by atoms with van der Waals surface area (Å²) in [5, 5.41) is 2.87. The zero-order chi connectivity index (χ0) is 14.4. The molecular formula is C16H20N2O2. The highest BCUT2D eigenvalue weighted by Gasteiger charge is 2.29. The number of carbonyl (C=O) groups is 2. The molecule has 1 fully saturated rings. The van der Waals surface area contributed by atoms with Gasteiger partial charge in [0.05, 0.1) is 6.04 Å². The van der Waals surface area contributed by atoms with Gasteiger partial charge in [-0.2, -0.15) is 0 Å². The maximum Gasteiger partial charge on any atom is 0.224 e. The highest BCUT2D eigenvalue weighted by atomic mass is 16.2. The lowest BCUT2D eigenvalue weighted by Crippen LogP contribution is -2.37. The summed E-state index contributed by atoms with van der Waals surface area (Å²) in [5.74, 6) is 0.0487. The molecule has 1 aliphatic rings. The van der Waals surface area contributed by atoms with Crippen LogP contribution in [-0.2, 0) is 16.0 Å². The predicted octanol–water partition coefficient (Wildman–Crippen LogP) is 1.52. The molecule has 2 amide bonds. The second-order valence-electron chi connectivity index (χ2n) is 5.04. The molecule has 4 nitrogen and oxygen atoms in total. The molecule has 1 aliphatic heterocycles. The molecule has 0 spiro atoms. The first-order valence-corrected chi connectivity index (χ1v) is 6.91. The Morgan fingerprint density at radius 1 is 1.40 bits per heavy atom. The monoisotopic (exact) mass is 272 g/mol. The van der Waals surface area contributed by atoms with Gasteiger partial charge < -0.3 is 10.2 Å². The van der Waals surface area contributed by atoms with Crippen molar-refractivity contribution in [2.45, 2.75) is 25.3 Å². The summed E-state index contributed by atoms with van der Waals surface area (Å²) in [6.45, 7) is 4.84. The number of carbonyl (C=O) groups excluding carboxylic acids is 2. The van der Waals surface area contributed by atoms with Crippen LogP contribution in [0, 0.1) is 0 Å². The molecule has 0 bridgehead atoms. The lowest BCUT2D eigenvalue weighted by molar-refractivity contribution is -0.127. The molecule has 1 aromatic carbocycles. The molecular weight excluding hydrogens is 252 g/mol. The molecule has 1 heterocycles. The average molecular weight is 272 g/mol. The molecule has 20 heavy (non-hydrogen) atoms. The van der Waals surface area contributed by atoms with E-state index in [1.165, 1.54) is 5.56 Å². The molecule has 0 aromatic heterocycles. The minimum absolute atomic E-state index is 0.0641. The van der Waals surface area contributed by atoms with E-state index in [4.69, 9.17) is 0 Å². The van der Waals surface area contributed by atoms with E-state index in [2.05, 4.69) is 24.0 Å². The maximum atomic E-state index is 11.9. The number of amides is 2. The Morgan fingerprint density at radius 3 is 2.85 bits per heavy atom. The Kier molecular flexibility index (Phi) is 4.93. The first-order chi connectivity index (χ1) is 9.69. The summed E-state index contributed by atoms with van der Waals surface area (Å²) in [6, 6.07) is 10.0. The third-order valence-corrected chi connectivity index (χ3v) is 3.42. The van der Waals surface area contributed by atoms with Crippen LogP contribution >= 0.6 is 0 Å². The van der Waals surface area contributed by atoms with Gasteiger partial charge in [0.25, 0.3) is 0 Å². The number of likely N-dealkylation sites (tertiary alicyclic amines) is 1. The standard InChI is InChI=1S/C16H20N2O2/c1-2-6-15(19)17-14-11-16(20)18(12-14)10-9-13-7-4-3-5-8-13/h2-5,7-8,14H,1,6,9-12H2,(H,17,19). The van der Waals surface area contributed by atoms with Gasteiger partial charge in [0.2, 0.25) is 11.8 Å². The fourth-order valence-corrected chi connectivity index (χ4v) is 2.41. The molecule has 0 aliphatic carbocycles. The van der Waals surface area contributed by atoms with Crippen LogP contribution in [0.5, 0.6) is 0 Å². The number of benzene rings is 1. The van der Waals surface area contributed by atoms with E-state index < -0.39 is 0 Å². The maximum absolute atomic E-state index is 11.9.